The van der Waals surface area contributed by atoms with Crippen LogP contribution in [0.3, 0.4) is 0 Å². The van der Waals surface area contributed by atoms with E-state index >= 15 is 0 Å². The van der Waals surface area contributed by atoms with Crippen LogP contribution < -0.4 is 5.32 Å². The second kappa shape index (κ2) is 14.8. The van der Waals surface area contributed by atoms with Crippen LogP contribution in [0.2, 0.25) is 10.0 Å². The molecule has 0 radical (unpaired) electrons. The van der Waals surface area contributed by atoms with Gasteiger partial charge in [-0.2, -0.15) is 0 Å². The summed E-state index contributed by atoms with van der Waals surface area (Å²) in [6.07, 6.45) is 1.13. The van der Waals surface area contributed by atoms with E-state index in [2.05, 4.69) is 5.32 Å². The molecule has 2 amide bonds. The molecule has 0 heterocycles. The lowest BCUT2D eigenvalue weighted by atomic mass is 10.0. The summed E-state index contributed by atoms with van der Waals surface area (Å²) in [4.78, 5) is 39.0. The monoisotopic (exact) mass is 573 g/mol. The van der Waals surface area contributed by atoms with Gasteiger partial charge in [0.15, 0.2) is 0 Å². The molecule has 0 aliphatic heterocycles. The number of amides is 2. The number of nitro benzene ring substituents is 1. The van der Waals surface area contributed by atoms with Gasteiger partial charge in [-0.15, -0.1) is 11.8 Å². The van der Waals surface area contributed by atoms with Gasteiger partial charge in [-0.25, -0.2) is 0 Å². The van der Waals surface area contributed by atoms with Gasteiger partial charge in [0.1, 0.15) is 6.04 Å². The zero-order valence-corrected chi connectivity index (χ0v) is 23.3. The van der Waals surface area contributed by atoms with Gasteiger partial charge in [0.2, 0.25) is 11.8 Å². The molecule has 0 saturated carbocycles. The molecule has 1 atom stereocenters. The average Bonchev–Trinajstić information content (AvgIpc) is 2.92. The molecule has 3 rings (SSSR count). The molecule has 0 unspecified atom stereocenters. The number of carbonyl (C=O) groups is 2. The van der Waals surface area contributed by atoms with Gasteiger partial charge < -0.3 is 10.2 Å². The second-order valence-electron chi connectivity index (χ2n) is 8.68. The minimum atomic E-state index is -0.731. The van der Waals surface area contributed by atoms with Crippen LogP contribution in [0.25, 0.3) is 0 Å². The molecule has 3 aromatic carbocycles. The lowest BCUT2D eigenvalue weighted by Crippen LogP contribution is -2.51. The Balaban J connectivity index is 1.83. The molecule has 0 aromatic heterocycles. The normalized spacial score (nSPS) is 11.6. The van der Waals surface area contributed by atoms with Crippen LogP contribution in [-0.2, 0) is 28.3 Å². The van der Waals surface area contributed by atoms with Crippen molar-refractivity contribution in [2.75, 3.05) is 12.3 Å². The summed E-state index contributed by atoms with van der Waals surface area (Å²) in [5.74, 6) is 0.209. The zero-order valence-electron chi connectivity index (χ0n) is 20.9. The van der Waals surface area contributed by atoms with Gasteiger partial charge in [-0.1, -0.05) is 78.7 Å². The fourth-order valence-electron chi connectivity index (χ4n) is 3.81. The number of carbonyl (C=O) groups excluding carboxylic acids is 2. The highest BCUT2D eigenvalue weighted by atomic mass is 35.5. The zero-order chi connectivity index (χ0) is 27.5. The van der Waals surface area contributed by atoms with Gasteiger partial charge in [-0.05, 0) is 35.2 Å². The Morgan fingerprint density at radius 1 is 0.974 bits per heavy atom. The van der Waals surface area contributed by atoms with Crippen molar-refractivity contribution >= 4 is 52.5 Å². The van der Waals surface area contributed by atoms with Crippen LogP contribution in [0, 0.1) is 10.1 Å². The van der Waals surface area contributed by atoms with E-state index in [1.807, 2.05) is 37.3 Å². The van der Waals surface area contributed by atoms with Crippen LogP contribution in [0.15, 0.2) is 72.8 Å². The first-order valence-electron chi connectivity index (χ1n) is 12.1. The molecule has 7 nitrogen and oxygen atoms in total. The molecule has 0 bridgehead atoms. The SMILES string of the molecule is CCCNC(=O)[C@@H](Cc1ccccc1)N(Cc1ccc(Cl)c(Cl)c1)C(=O)CSCc1ccc([N+](=O)[O-])cc1. The summed E-state index contributed by atoms with van der Waals surface area (Å²) in [5.41, 5.74) is 2.58. The van der Waals surface area contributed by atoms with Crippen molar-refractivity contribution in [3.8, 4) is 0 Å². The van der Waals surface area contributed by atoms with Crippen LogP contribution in [0.4, 0.5) is 5.69 Å². The maximum Gasteiger partial charge on any atom is 0.269 e. The summed E-state index contributed by atoms with van der Waals surface area (Å²) < 4.78 is 0. The van der Waals surface area contributed by atoms with Crippen molar-refractivity contribution < 1.29 is 14.5 Å². The molecule has 200 valence electrons. The molecular weight excluding hydrogens is 545 g/mol. The average molecular weight is 575 g/mol. The number of thioether (sulfide) groups is 1. The minimum absolute atomic E-state index is 0.0180. The first kappa shape index (κ1) is 29.5. The number of non-ortho nitro benzene ring substituents is 1. The van der Waals surface area contributed by atoms with Crippen molar-refractivity contribution in [1.82, 2.24) is 10.2 Å². The standard InChI is InChI=1S/C28H29Cl2N3O4S/c1-2-14-31-28(35)26(16-20-6-4-3-5-7-20)32(17-22-10-13-24(29)25(30)15-22)27(34)19-38-18-21-8-11-23(12-9-21)33(36)37/h3-13,15,26H,2,14,16-19H2,1H3,(H,31,35)/t26-/m1/s1. The van der Waals surface area contributed by atoms with Crippen molar-refractivity contribution in [1.29, 1.82) is 0 Å². The molecule has 0 saturated heterocycles. The lowest BCUT2D eigenvalue weighted by molar-refractivity contribution is -0.384. The summed E-state index contributed by atoms with van der Waals surface area (Å²) >= 11 is 13.7. The number of benzene rings is 3. The smallest absolute Gasteiger partial charge is 0.269 e. The summed E-state index contributed by atoms with van der Waals surface area (Å²) in [7, 11) is 0. The Morgan fingerprint density at radius 2 is 1.66 bits per heavy atom. The molecule has 3 aromatic rings. The second-order valence-corrected chi connectivity index (χ2v) is 10.5. The van der Waals surface area contributed by atoms with Crippen molar-refractivity contribution in [2.24, 2.45) is 0 Å². The topological polar surface area (TPSA) is 92.6 Å². The molecule has 1 N–H and O–H groups in total. The quantitative estimate of drug-likeness (QED) is 0.191. The van der Waals surface area contributed by atoms with Gasteiger partial charge >= 0.3 is 0 Å². The predicted octanol–water partition coefficient (Wildman–Crippen LogP) is 6.30. The lowest BCUT2D eigenvalue weighted by Gasteiger charge is -2.31. The van der Waals surface area contributed by atoms with E-state index in [9.17, 15) is 19.7 Å². The Labute approximate surface area is 236 Å². The molecule has 10 heteroatoms. The van der Waals surface area contributed by atoms with Gasteiger partial charge in [0.25, 0.3) is 5.69 Å². The highest BCUT2D eigenvalue weighted by molar-refractivity contribution is 7.99. The van der Waals surface area contributed by atoms with Crippen molar-refractivity contribution in [2.45, 2.75) is 38.1 Å². The first-order chi connectivity index (χ1) is 18.3. The Morgan fingerprint density at radius 3 is 2.29 bits per heavy atom. The van der Waals surface area contributed by atoms with E-state index in [4.69, 9.17) is 23.2 Å². The summed E-state index contributed by atoms with van der Waals surface area (Å²) in [5, 5.41) is 14.6. The van der Waals surface area contributed by atoms with E-state index in [1.165, 1.54) is 23.9 Å². The minimum Gasteiger partial charge on any atom is -0.354 e. The van der Waals surface area contributed by atoms with E-state index in [0.29, 0.717) is 28.8 Å². The highest BCUT2D eigenvalue weighted by Gasteiger charge is 2.30. The maximum absolute atomic E-state index is 13.6. The maximum atomic E-state index is 13.6. The number of halogens is 2. The molecule has 0 spiro atoms. The number of hydrogen-bond donors (Lipinski definition) is 1. The third-order valence-electron chi connectivity index (χ3n) is 5.80. The molecule has 0 aliphatic carbocycles. The van der Waals surface area contributed by atoms with Gasteiger partial charge in [0.05, 0.1) is 20.7 Å². The van der Waals surface area contributed by atoms with Gasteiger partial charge in [-0.3, -0.25) is 19.7 Å². The van der Waals surface area contributed by atoms with Crippen molar-refractivity contribution in [3.05, 3.63) is 110 Å². The fourth-order valence-corrected chi connectivity index (χ4v) is 5.00. The third kappa shape index (κ3) is 8.75. The molecular formula is C28H29Cl2N3O4S. The molecule has 0 aliphatic rings. The van der Waals surface area contributed by atoms with Crippen LogP contribution in [0.1, 0.15) is 30.0 Å². The Hall–Kier alpha value is -3.07. The van der Waals surface area contributed by atoms with E-state index in [-0.39, 0.29) is 29.8 Å². The number of nitrogens with zero attached hydrogens (tertiary/aromatic N) is 2. The van der Waals surface area contributed by atoms with Crippen molar-refractivity contribution in [3.63, 3.8) is 0 Å². The summed E-state index contributed by atoms with van der Waals surface area (Å²) in [6, 6.07) is 20.3. The van der Waals surface area contributed by atoms with Crippen LogP contribution in [-0.4, -0.2) is 40.0 Å². The Kier molecular flexibility index (Phi) is 11.5. The molecule has 38 heavy (non-hydrogen) atoms. The number of hydrogen-bond acceptors (Lipinski definition) is 5. The van der Waals surface area contributed by atoms with Crippen LogP contribution >= 0.6 is 35.0 Å². The van der Waals surface area contributed by atoms with E-state index < -0.39 is 11.0 Å². The van der Waals surface area contributed by atoms with E-state index in [1.54, 1.807) is 35.2 Å². The van der Waals surface area contributed by atoms with Gasteiger partial charge in [0, 0.05) is 37.4 Å². The number of nitro groups is 1. The number of rotatable bonds is 13. The first-order valence-corrected chi connectivity index (χ1v) is 14.1. The van der Waals surface area contributed by atoms with E-state index in [0.717, 1.165) is 23.1 Å². The number of nitrogens with one attached hydrogen (secondary N) is 1. The summed E-state index contributed by atoms with van der Waals surface area (Å²) in [6.45, 7) is 2.67. The predicted molar refractivity (Wildman–Crippen MR) is 154 cm³/mol. The molecule has 0 fully saturated rings. The Bertz CT molecular complexity index is 1240. The fraction of sp³-hybridized carbons (Fsp3) is 0.286. The van der Waals surface area contributed by atoms with Crippen LogP contribution in [0.5, 0.6) is 0 Å². The third-order valence-corrected chi connectivity index (χ3v) is 7.53. The largest absolute Gasteiger partial charge is 0.354 e. The highest BCUT2D eigenvalue weighted by Crippen LogP contribution is 2.25.